The highest BCUT2D eigenvalue weighted by Gasteiger charge is 2.36. The standard InChI is InChI=1S/C20H25FN2O3/c1-6-11-20(4,19(25)26-5)22-18(24)17-12-13(2)23(14(17)3)16-9-7-15(21)8-10-16/h7-10,12H,6,11H2,1-5H3,(H,22,24). The van der Waals surface area contributed by atoms with Gasteiger partial charge in [-0.05, 0) is 57.5 Å². The maximum atomic E-state index is 13.2. The van der Waals surface area contributed by atoms with E-state index in [1.165, 1.54) is 19.2 Å². The Balaban J connectivity index is 2.37. The van der Waals surface area contributed by atoms with Crippen LogP contribution in [0.15, 0.2) is 30.3 Å². The molecule has 140 valence electrons. The van der Waals surface area contributed by atoms with Gasteiger partial charge in [-0.25, -0.2) is 9.18 Å². The summed E-state index contributed by atoms with van der Waals surface area (Å²) in [6.07, 6.45) is 1.20. The highest BCUT2D eigenvalue weighted by molar-refractivity contribution is 5.99. The number of nitrogens with one attached hydrogen (secondary N) is 1. The number of amides is 1. The first kappa shape index (κ1) is 19.7. The topological polar surface area (TPSA) is 60.3 Å². The van der Waals surface area contributed by atoms with E-state index in [2.05, 4.69) is 5.32 Å². The van der Waals surface area contributed by atoms with E-state index in [1.807, 2.05) is 25.3 Å². The first-order chi connectivity index (χ1) is 12.2. The zero-order valence-electron chi connectivity index (χ0n) is 15.9. The number of benzene rings is 1. The molecule has 5 nitrogen and oxygen atoms in total. The SMILES string of the molecule is CCCC(C)(NC(=O)c1cc(C)n(-c2ccc(F)cc2)c1C)C(=O)OC. The third-order valence-corrected chi connectivity index (χ3v) is 4.54. The summed E-state index contributed by atoms with van der Waals surface area (Å²) in [6, 6.07) is 7.84. The second kappa shape index (κ2) is 7.72. The molecule has 6 heteroatoms. The molecule has 1 aromatic heterocycles. The number of hydrogen-bond donors (Lipinski definition) is 1. The van der Waals surface area contributed by atoms with Gasteiger partial charge in [-0.3, -0.25) is 4.79 Å². The quantitative estimate of drug-likeness (QED) is 0.799. The van der Waals surface area contributed by atoms with Gasteiger partial charge in [0.05, 0.1) is 12.7 Å². The minimum atomic E-state index is -1.08. The molecule has 1 N–H and O–H groups in total. The van der Waals surface area contributed by atoms with Gasteiger partial charge in [0.2, 0.25) is 0 Å². The van der Waals surface area contributed by atoms with Crippen molar-refractivity contribution in [3.05, 3.63) is 53.1 Å². The summed E-state index contributed by atoms with van der Waals surface area (Å²) in [5.41, 5.74) is 1.71. The van der Waals surface area contributed by atoms with Crippen LogP contribution >= 0.6 is 0 Å². The normalized spacial score (nSPS) is 13.2. The smallest absolute Gasteiger partial charge is 0.331 e. The number of carbonyl (C=O) groups excluding carboxylic acids is 2. The molecule has 0 aliphatic rings. The Morgan fingerprint density at radius 2 is 1.85 bits per heavy atom. The fraction of sp³-hybridized carbons (Fsp3) is 0.400. The van der Waals surface area contributed by atoms with E-state index in [0.717, 1.165) is 23.5 Å². The molecule has 0 fully saturated rings. The predicted octanol–water partition coefficient (Wildman–Crippen LogP) is 3.69. The van der Waals surface area contributed by atoms with Crippen molar-refractivity contribution >= 4 is 11.9 Å². The third-order valence-electron chi connectivity index (χ3n) is 4.54. The Morgan fingerprint density at radius 1 is 1.23 bits per heavy atom. The first-order valence-electron chi connectivity index (χ1n) is 8.59. The number of hydrogen-bond acceptors (Lipinski definition) is 3. The molecule has 0 radical (unpaired) electrons. The van der Waals surface area contributed by atoms with Crippen LogP contribution in [0.3, 0.4) is 0 Å². The summed E-state index contributed by atoms with van der Waals surface area (Å²) in [5, 5.41) is 2.82. The van der Waals surface area contributed by atoms with E-state index in [1.54, 1.807) is 25.1 Å². The fourth-order valence-corrected chi connectivity index (χ4v) is 3.24. The van der Waals surface area contributed by atoms with E-state index in [9.17, 15) is 14.0 Å². The number of aromatic nitrogens is 1. The maximum Gasteiger partial charge on any atom is 0.331 e. The van der Waals surface area contributed by atoms with Crippen LogP contribution in [0, 0.1) is 19.7 Å². The molecule has 0 aliphatic heterocycles. The maximum absolute atomic E-state index is 13.2. The second-order valence-corrected chi connectivity index (χ2v) is 6.62. The van der Waals surface area contributed by atoms with Crippen LogP contribution in [0.5, 0.6) is 0 Å². The van der Waals surface area contributed by atoms with Gasteiger partial charge < -0.3 is 14.6 Å². The van der Waals surface area contributed by atoms with E-state index in [-0.39, 0.29) is 11.7 Å². The molecular weight excluding hydrogens is 335 g/mol. The highest BCUT2D eigenvalue weighted by atomic mass is 19.1. The minimum absolute atomic E-state index is 0.317. The lowest BCUT2D eigenvalue weighted by molar-refractivity contribution is -0.147. The minimum Gasteiger partial charge on any atom is -0.467 e. The van der Waals surface area contributed by atoms with Crippen molar-refractivity contribution in [1.82, 2.24) is 9.88 Å². The monoisotopic (exact) mass is 360 g/mol. The summed E-state index contributed by atoms with van der Waals surface area (Å²) in [6.45, 7) is 7.30. The van der Waals surface area contributed by atoms with Crippen LogP contribution < -0.4 is 5.32 Å². The predicted molar refractivity (Wildman–Crippen MR) is 98.0 cm³/mol. The first-order valence-corrected chi connectivity index (χ1v) is 8.59. The molecule has 0 aliphatic carbocycles. The Hall–Kier alpha value is -2.63. The number of methoxy groups -OCH3 is 1. The van der Waals surface area contributed by atoms with Gasteiger partial charge >= 0.3 is 5.97 Å². The zero-order valence-corrected chi connectivity index (χ0v) is 15.9. The van der Waals surface area contributed by atoms with Crippen LogP contribution in [-0.4, -0.2) is 29.1 Å². The van der Waals surface area contributed by atoms with Crippen molar-refractivity contribution in [3.8, 4) is 5.69 Å². The third kappa shape index (κ3) is 3.79. The van der Waals surface area contributed by atoms with Crippen molar-refractivity contribution in [2.24, 2.45) is 0 Å². The number of ether oxygens (including phenoxy) is 1. The van der Waals surface area contributed by atoms with Crippen molar-refractivity contribution < 1.29 is 18.7 Å². The van der Waals surface area contributed by atoms with Crippen LogP contribution in [0.1, 0.15) is 48.4 Å². The molecule has 26 heavy (non-hydrogen) atoms. The van der Waals surface area contributed by atoms with Crippen LogP contribution in [0.4, 0.5) is 4.39 Å². The van der Waals surface area contributed by atoms with Crippen LogP contribution in [-0.2, 0) is 9.53 Å². The molecule has 1 unspecified atom stereocenters. The molecule has 0 bridgehead atoms. The molecular formula is C20H25FN2O3. The number of nitrogens with zero attached hydrogens (tertiary/aromatic N) is 1. The van der Waals surface area contributed by atoms with E-state index in [0.29, 0.717) is 12.0 Å². The van der Waals surface area contributed by atoms with Gasteiger partial charge in [0, 0.05) is 17.1 Å². The van der Waals surface area contributed by atoms with Gasteiger partial charge in [0.25, 0.3) is 5.91 Å². The van der Waals surface area contributed by atoms with Gasteiger partial charge in [-0.15, -0.1) is 0 Å². The molecule has 2 rings (SSSR count). The summed E-state index contributed by atoms with van der Waals surface area (Å²) in [7, 11) is 1.31. The lowest BCUT2D eigenvalue weighted by atomic mass is 9.95. The number of aryl methyl sites for hydroxylation is 1. The van der Waals surface area contributed by atoms with Gasteiger partial charge in [-0.2, -0.15) is 0 Å². The number of esters is 1. The van der Waals surface area contributed by atoms with Gasteiger partial charge in [-0.1, -0.05) is 13.3 Å². The largest absolute Gasteiger partial charge is 0.467 e. The lowest BCUT2D eigenvalue weighted by Crippen LogP contribution is -2.52. The Labute approximate surface area is 153 Å². The number of rotatable bonds is 6. The van der Waals surface area contributed by atoms with Crippen molar-refractivity contribution in [3.63, 3.8) is 0 Å². The highest BCUT2D eigenvalue weighted by Crippen LogP contribution is 2.23. The second-order valence-electron chi connectivity index (χ2n) is 6.62. The van der Waals surface area contributed by atoms with E-state index >= 15 is 0 Å². The number of carbonyl (C=O) groups is 2. The zero-order chi connectivity index (χ0) is 19.5. The van der Waals surface area contributed by atoms with Crippen LogP contribution in [0.25, 0.3) is 5.69 Å². The average Bonchev–Trinajstić information content (AvgIpc) is 2.90. The van der Waals surface area contributed by atoms with Crippen LogP contribution in [0.2, 0.25) is 0 Å². The lowest BCUT2D eigenvalue weighted by Gasteiger charge is -2.27. The average molecular weight is 360 g/mol. The number of halogens is 1. The molecule has 1 heterocycles. The van der Waals surface area contributed by atoms with Crippen molar-refractivity contribution in [2.75, 3.05) is 7.11 Å². The van der Waals surface area contributed by atoms with E-state index < -0.39 is 11.5 Å². The molecule has 1 aromatic carbocycles. The Bertz CT molecular complexity index is 811. The molecule has 0 spiro atoms. The Kier molecular flexibility index (Phi) is 5.85. The van der Waals surface area contributed by atoms with E-state index in [4.69, 9.17) is 4.74 Å². The molecule has 0 saturated carbocycles. The van der Waals surface area contributed by atoms with Gasteiger partial charge in [0.1, 0.15) is 11.4 Å². The summed E-state index contributed by atoms with van der Waals surface area (Å²) in [5.74, 6) is -1.13. The molecule has 0 saturated heterocycles. The van der Waals surface area contributed by atoms with Crippen molar-refractivity contribution in [2.45, 2.75) is 46.1 Å². The summed E-state index contributed by atoms with van der Waals surface area (Å²) in [4.78, 5) is 25.0. The summed E-state index contributed by atoms with van der Waals surface area (Å²) < 4.78 is 19.9. The molecule has 1 atom stereocenters. The van der Waals surface area contributed by atoms with Crippen molar-refractivity contribution in [1.29, 1.82) is 0 Å². The summed E-state index contributed by atoms with van der Waals surface area (Å²) >= 11 is 0. The molecule has 1 amide bonds. The molecule has 2 aromatic rings. The Morgan fingerprint density at radius 3 is 2.38 bits per heavy atom. The fourth-order valence-electron chi connectivity index (χ4n) is 3.24. The van der Waals surface area contributed by atoms with Gasteiger partial charge in [0.15, 0.2) is 0 Å².